The fourth-order valence-electron chi connectivity index (χ4n) is 2.52. The van der Waals surface area contributed by atoms with E-state index in [0.29, 0.717) is 52.4 Å². The third-order valence-corrected chi connectivity index (χ3v) is 3.98. The number of ether oxygens (including phenoxy) is 1. The first-order chi connectivity index (χ1) is 12.0. The van der Waals surface area contributed by atoms with Crippen LogP contribution in [0.4, 0.5) is 0 Å². The predicted octanol–water partition coefficient (Wildman–Crippen LogP) is 3.22. The summed E-state index contributed by atoms with van der Waals surface area (Å²) in [6, 6.07) is 8.10. The molecule has 2 aromatic carbocycles. The van der Waals surface area contributed by atoms with Gasteiger partial charge < -0.3 is 14.9 Å². The van der Waals surface area contributed by atoms with E-state index < -0.39 is 5.97 Å². The minimum atomic E-state index is -0.916. The maximum Gasteiger partial charge on any atom is 0.307 e. The maximum atomic E-state index is 10.7. The first kappa shape index (κ1) is 17.0. The Morgan fingerprint density at radius 2 is 2.08 bits per heavy atom. The van der Waals surface area contributed by atoms with E-state index in [1.165, 1.54) is 0 Å². The van der Waals surface area contributed by atoms with Crippen LogP contribution in [-0.4, -0.2) is 33.1 Å². The van der Waals surface area contributed by atoms with E-state index in [2.05, 4.69) is 14.9 Å². The molecule has 0 bridgehead atoms. The van der Waals surface area contributed by atoms with Crippen molar-refractivity contribution in [1.29, 1.82) is 0 Å². The van der Waals surface area contributed by atoms with Gasteiger partial charge in [0.15, 0.2) is 0 Å². The SMILES string of the molecule is O=C(O)Cc1ccc(OCCCc2c(O)ccc3nonc23)c(Cl)c1. The van der Waals surface area contributed by atoms with Gasteiger partial charge in [-0.3, -0.25) is 4.79 Å². The van der Waals surface area contributed by atoms with Gasteiger partial charge in [0, 0.05) is 5.56 Å². The summed E-state index contributed by atoms with van der Waals surface area (Å²) in [7, 11) is 0. The highest BCUT2D eigenvalue weighted by molar-refractivity contribution is 6.32. The van der Waals surface area contributed by atoms with Crippen LogP contribution in [0.2, 0.25) is 5.02 Å². The fourth-order valence-corrected chi connectivity index (χ4v) is 2.78. The number of aryl methyl sites for hydroxylation is 1. The number of hydrogen-bond acceptors (Lipinski definition) is 6. The molecule has 25 heavy (non-hydrogen) atoms. The number of hydrogen-bond donors (Lipinski definition) is 2. The number of rotatable bonds is 7. The van der Waals surface area contributed by atoms with Crippen molar-refractivity contribution in [2.75, 3.05) is 6.61 Å². The average Bonchev–Trinajstić information content (AvgIpc) is 3.03. The van der Waals surface area contributed by atoms with Gasteiger partial charge in [0.1, 0.15) is 22.5 Å². The molecular weight excluding hydrogens is 348 g/mol. The number of carbonyl (C=O) groups is 1. The zero-order valence-corrected chi connectivity index (χ0v) is 13.9. The number of benzene rings is 2. The fraction of sp³-hybridized carbons (Fsp3) is 0.235. The van der Waals surface area contributed by atoms with Crippen LogP contribution in [0.5, 0.6) is 11.5 Å². The smallest absolute Gasteiger partial charge is 0.307 e. The van der Waals surface area contributed by atoms with Crippen LogP contribution in [0.15, 0.2) is 35.0 Å². The molecule has 0 aliphatic heterocycles. The highest BCUT2D eigenvalue weighted by atomic mass is 35.5. The van der Waals surface area contributed by atoms with Gasteiger partial charge in [-0.25, -0.2) is 4.63 Å². The molecule has 0 saturated carbocycles. The lowest BCUT2D eigenvalue weighted by Gasteiger charge is -2.09. The maximum absolute atomic E-state index is 10.7. The molecular formula is C17H15ClN2O5. The number of nitrogens with zero attached hydrogens (tertiary/aromatic N) is 2. The Kier molecular flexibility index (Phi) is 5.04. The molecule has 0 atom stereocenters. The summed E-state index contributed by atoms with van der Waals surface area (Å²) in [5.74, 6) is -0.290. The second-order valence-corrected chi connectivity index (χ2v) is 5.89. The van der Waals surface area contributed by atoms with Crippen molar-refractivity contribution in [3.05, 3.63) is 46.5 Å². The number of carboxylic acids is 1. The molecule has 1 aromatic heterocycles. The Labute approximate surface area is 147 Å². The van der Waals surface area contributed by atoms with E-state index in [4.69, 9.17) is 21.4 Å². The van der Waals surface area contributed by atoms with Crippen molar-refractivity contribution in [3.63, 3.8) is 0 Å². The van der Waals surface area contributed by atoms with Gasteiger partial charge in [-0.15, -0.1) is 0 Å². The minimum absolute atomic E-state index is 0.0883. The predicted molar refractivity (Wildman–Crippen MR) is 90.1 cm³/mol. The minimum Gasteiger partial charge on any atom is -0.508 e. The monoisotopic (exact) mass is 362 g/mol. The quantitative estimate of drug-likeness (QED) is 0.621. The van der Waals surface area contributed by atoms with Crippen molar-refractivity contribution in [2.45, 2.75) is 19.3 Å². The second-order valence-electron chi connectivity index (χ2n) is 5.48. The molecule has 0 unspecified atom stereocenters. The van der Waals surface area contributed by atoms with Gasteiger partial charge in [0.25, 0.3) is 0 Å². The Morgan fingerprint density at radius 3 is 2.84 bits per heavy atom. The van der Waals surface area contributed by atoms with Crippen molar-refractivity contribution in [1.82, 2.24) is 10.3 Å². The van der Waals surface area contributed by atoms with Crippen LogP contribution in [0, 0.1) is 0 Å². The number of phenols is 1. The molecule has 130 valence electrons. The third-order valence-electron chi connectivity index (χ3n) is 3.69. The Balaban J connectivity index is 1.59. The van der Waals surface area contributed by atoms with Crippen LogP contribution in [0.1, 0.15) is 17.5 Å². The second kappa shape index (κ2) is 7.40. The van der Waals surface area contributed by atoms with Crippen LogP contribution in [0.3, 0.4) is 0 Å². The summed E-state index contributed by atoms with van der Waals surface area (Å²) in [5, 5.41) is 26.7. The van der Waals surface area contributed by atoms with Crippen LogP contribution in [0.25, 0.3) is 11.0 Å². The van der Waals surface area contributed by atoms with Gasteiger partial charge in [-0.2, -0.15) is 0 Å². The summed E-state index contributed by atoms with van der Waals surface area (Å²) < 4.78 is 10.3. The lowest BCUT2D eigenvalue weighted by Crippen LogP contribution is -2.02. The van der Waals surface area contributed by atoms with E-state index in [1.807, 2.05) is 0 Å². The number of carboxylic acid groups (broad SMARTS) is 1. The number of aromatic hydroxyl groups is 1. The lowest BCUT2D eigenvalue weighted by molar-refractivity contribution is -0.136. The normalized spacial score (nSPS) is 10.9. The zero-order valence-electron chi connectivity index (χ0n) is 13.1. The standard InChI is InChI=1S/C17H15ClN2O5/c18-12-8-10(9-16(22)23)3-6-15(12)24-7-1-2-11-14(21)5-4-13-17(11)20-25-19-13/h3-6,8,21H,1-2,7,9H2,(H,22,23). The van der Waals surface area contributed by atoms with E-state index in [1.54, 1.807) is 30.3 Å². The van der Waals surface area contributed by atoms with Crippen LogP contribution >= 0.6 is 11.6 Å². The number of aliphatic carboxylic acids is 1. The molecule has 0 spiro atoms. The number of phenolic OH excluding ortho intramolecular Hbond substituents is 1. The zero-order chi connectivity index (χ0) is 17.8. The molecule has 3 aromatic rings. The van der Waals surface area contributed by atoms with Gasteiger partial charge >= 0.3 is 5.97 Å². The molecule has 0 amide bonds. The highest BCUT2D eigenvalue weighted by Crippen LogP contribution is 2.28. The molecule has 0 aliphatic rings. The molecule has 2 N–H and O–H groups in total. The molecule has 0 fully saturated rings. The molecule has 0 saturated heterocycles. The number of halogens is 1. The molecule has 0 aliphatic carbocycles. The van der Waals surface area contributed by atoms with Gasteiger partial charge in [-0.1, -0.05) is 17.7 Å². The first-order valence-corrected chi connectivity index (χ1v) is 7.98. The number of aromatic nitrogens is 2. The van der Waals surface area contributed by atoms with E-state index in [0.717, 1.165) is 0 Å². The van der Waals surface area contributed by atoms with E-state index in [9.17, 15) is 9.90 Å². The summed E-state index contributed by atoms with van der Waals surface area (Å²) in [6.07, 6.45) is 1.06. The molecule has 1 heterocycles. The van der Waals surface area contributed by atoms with Crippen molar-refractivity contribution >= 4 is 28.6 Å². The molecule has 8 heteroatoms. The van der Waals surface area contributed by atoms with Crippen molar-refractivity contribution < 1.29 is 24.4 Å². The Morgan fingerprint density at radius 1 is 1.24 bits per heavy atom. The highest BCUT2D eigenvalue weighted by Gasteiger charge is 2.12. The van der Waals surface area contributed by atoms with E-state index >= 15 is 0 Å². The topological polar surface area (TPSA) is 106 Å². The van der Waals surface area contributed by atoms with Gasteiger partial charge in [-0.05, 0) is 53.0 Å². The average molecular weight is 363 g/mol. The Hall–Kier alpha value is -2.80. The van der Waals surface area contributed by atoms with Crippen molar-refractivity contribution in [2.24, 2.45) is 0 Å². The Bertz CT molecular complexity index is 909. The molecule has 7 nitrogen and oxygen atoms in total. The molecule has 3 rings (SSSR count). The summed E-state index contributed by atoms with van der Waals surface area (Å²) in [4.78, 5) is 10.7. The largest absolute Gasteiger partial charge is 0.508 e. The lowest BCUT2D eigenvalue weighted by atomic mass is 10.1. The summed E-state index contributed by atoms with van der Waals surface area (Å²) in [5.41, 5.74) is 2.40. The van der Waals surface area contributed by atoms with Crippen LogP contribution < -0.4 is 4.74 Å². The van der Waals surface area contributed by atoms with Gasteiger partial charge in [0.05, 0.1) is 18.1 Å². The van der Waals surface area contributed by atoms with Gasteiger partial charge in [0.2, 0.25) is 0 Å². The van der Waals surface area contributed by atoms with Crippen LogP contribution in [-0.2, 0) is 17.6 Å². The van der Waals surface area contributed by atoms with E-state index in [-0.39, 0.29) is 12.2 Å². The van der Waals surface area contributed by atoms with Crippen molar-refractivity contribution in [3.8, 4) is 11.5 Å². The molecule has 0 radical (unpaired) electrons. The summed E-state index contributed by atoms with van der Waals surface area (Å²) in [6.45, 7) is 0.374. The summed E-state index contributed by atoms with van der Waals surface area (Å²) >= 11 is 6.11. The third kappa shape index (κ3) is 4.00. The number of fused-ring (bicyclic) bond motifs is 1. The first-order valence-electron chi connectivity index (χ1n) is 7.60.